The van der Waals surface area contributed by atoms with E-state index >= 15 is 0 Å². The third-order valence-electron chi connectivity index (χ3n) is 6.13. The van der Waals surface area contributed by atoms with Crippen molar-refractivity contribution in [2.24, 2.45) is 0 Å². The van der Waals surface area contributed by atoms with E-state index in [1.807, 2.05) is 6.07 Å². The highest BCUT2D eigenvalue weighted by molar-refractivity contribution is 8.00. The van der Waals surface area contributed by atoms with Crippen molar-refractivity contribution in [3.63, 3.8) is 0 Å². The van der Waals surface area contributed by atoms with Gasteiger partial charge in [0.15, 0.2) is 0 Å². The van der Waals surface area contributed by atoms with Gasteiger partial charge in [0.1, 0.15) is 5.70 Å². The highest BCUT2D eigenvalue weighted by Gasteiger charge is 2.18. The SMILES string of the molecule is CCOC(=O)c1ccc(NC(=O)C(C)Sc2cccc(NC(=O)/C(=C/c3cccc(Cl)c3)NC(=O)c3ccccc3)c2)cc1. The normalized spacial score (nSPS) is 11.7. The molecule has 10 heteroatoms. The number of nitrogens with one attached hydrogen (secondary N) is 3. The molecule has 0 saturated heterocycles. The van der Waals surface area contributed by atoms with Crippen molar-refractivity contribution in [1.29, 1.82) is 0 Å². The predicted octanol–water partition coefficient (Wildman–Crippen LogP) is 7.05. The van der Waals surface area contributed by atoms with Crippen LogP contribution in [0, 0.1) is 0 Å². The maximum absolute atomic E-state index is 13.4. The molecule has 4 aromatic rings. The van der Waals surface area contributed by atoms with Gasteiger partial charge in [-0.2, -0.15) is 0 Å². The van der Waals surface area contributed by atoms with Gasteiger partial charge in [-0.15, -0.1) is 11.8 Å². The van der Waals surface area contributed by atoms with Gasteiger partial charge >= 0.3 is 5.97 Å². The Hall–Kier alpha value is -4.86. The summed E-state index contributed by atoms with van der Waals surface area (Å²) in [6, 6.07) is 29.0. The molecule has 0 aliphatic rings. The summed E-state index contributed by atoms with van der Waals surface area (Å²) in [7, 11) is 0. The van der Waals surface area contributed by atoms with Crippen LogP contribution >= 0.6 is 23.4 Å². The molecule has 8 nitrogen and oxygen atoms in total. The van der Waals surface area contributed by atoms with E-state index in [4.69, 9.17) is 16.3 Å². The number of esters is 1. The van der Waals surface area contributed by atoms with Gasteiger partial charge in [-0.1, -0.05) is 48.0 Å². The number of carbonyl (C=O) groups is 4. The second-order valence-electron chi connectivity index (χ2n) is 9.46. The summed E-state index contributed by atoms with van der Waals surface area (Å²) in [6.45, 7) is 3.78. The molecule has 3 amide bonds. The van der Waals surface area contributed by atoms with E-state index in [0.29, 0.717) is 33.1 Å². The topological polar surface area (TPSA) is 114 Å². The fourth-order valence-corrected chi connectivity index (χ4v) is 5.08. The van der Waals surface area contributed by atoms with E-state index in [9.17, 15) is 19.2 Å². The van der Waals surface area contributed by atoms with Gasteiger partial charge in [-0.25, -0.2) is 4.79 Å². The lowest BCUT2D eigenvalue weighted by atomic mass is 10.1. The number of rotatable bonds is 11. The second-order valence-corrected chi connectivity index (χ2v) is 11.3. The molecule has 0 bridgehead atoms. The Balaban J connectivity index is 1.43. The molecule has 4 rings (SSSR count). The van der Waals surface area contributed by atoms with Crippen molar-refractivity contribution in [2.75, 3.05) is 17.2 Å². The molecule has 0 saturated carbocycles. The standard InChI is InChI=1S/C34H30ClN3O5S/c1-3-43-34(42)25-15-17-27(18-16-25)36-31(39)22(2)44-29-14-8-13-28(21-29)37-33(41)30(20-23-9-7-12-26(35)19-23)38-32(40)24-10-5-4-6-11-24/h4-22H,3H2,1-2H3,(H,36,39)(H,37,41)(H,38,40)/b30-20-. The minimum absolute atomic E-state index is 0.0286. The highest BCUT2D eigenvalue weighted by Crippen LogP contribution is 2.27. The van der Waals surface area contributed by atoms with Crippen LogP contribution in [-0.4, -0.2) is 35.5 Å². The van der Waals surface area contributed by atoms with Crippen molar-refractivity contribution in [2.45, 2.75) is 24.0 Å². The molecule has 0 aliphatic heterocycles. The zero-order chi connectivity index (χ0) is 31.5. The first kappa shape index (κ1) is 32.1. The molecule has 0 aromatic heterocycles. The number of carbonyl (C=O) groups excluding carboxylic acids is 4. The zero-order valence-corrected chi connectivity index (χ0v) is 25.6. The van der Waals surface area contributed by atoms with Crippen LogP contribution in [0.4, 0.5) is 11.4 Å². The molecule has 0 fully saturated rings. The van der Waals surface area contributed by atoms with Gasteiger partial charge in [0.05, 0.1) is 17.4 Å². The Bertz CT molecular complexity index is 1680. The Kier molecular flexibility index (Phi) is 11.3. The predicted molar refractivity (Wildman–Crippen MR) is 175 cm³/mol. The molecule has 0 spiro atoms. The van der Waals surface area contributed by atoms with Crippen molar-refractivity contribution in [3.05, 3.63) is 131 Å². The van der Waals surface area contributed by atoms with Crippen molar-refractivity contribution < 1.29 is 23.9 Å². The van der Waals surface area contributed by atoms with E-state index in [0.717, 1.165) is 4.90 Å². The maximum Gasteiger partial charge on any atom is 0.338 e. The number of hydrogen-bond acceptors (Lipinski definition) is 6. The number of amides is 3. The molecular formula is C34H30ClN3O5S. The summed E-state index contributed by atoms with van der Waals surface area (Å²) in [5.74, 6) is -1.63. The van der Waals surface area contributed by atoms with Crippen LogP contribution < -0.4 is 16.0 Å². The minimum atomic E-state index is -0.534. The molecular weight excluding hydrogens is 598 g/mol. The average molecular weight is 628 g/mol. The largest absolute Gasteiger partial charge is 0.462 e. The second kappa shape index (κ2) is 15.6. The Labute approximate surface area is 264 Å². The average Bonchev–Trinajstić information content (AvgIpc) is 3.01. The van der Waals surface area contributed by atoms with Crippen LogP contribution in [0.2, 0.25) is 5.02 Å². The number of thioether (sulfide) groups is 1. The monoisotopic (exact) mass is 627 g/mol. The Morgan fingerprint density at radius 1 is 0.818 bits per heavy atom. The van der Waals surface area contributed by atoms with E-state index in [1.54, 1.807) is 117 Å². The summed E-state index contributed by atoms with van der Waals surface area (Å²) in [6.07, 6.45) is 1.55. The lowest BCUT2D eigenvalue weighted by Crippen LogP contribution is -2.30. The van der Waals surface area contributed by atoms with E-state index in [1.165, 1.54) is 11.8 Å². The summed E-state index contributed by atoms with van der Waals surface area (Å²) in [5.41, 5.74) is 2.49. The van der Waals surface area contributed by atoms with Gasteiger partial charge in [0.25, 0.3) is 11.8 Å². The Morgan fingerprint density at radius 3 is 2.25 bits per heavy atom. The van der Waals surface area contributed by atoms with Gasteiger partial charge in [0.2, 0.25) is 5.91 Å². The molecule has 0 radical (unpaired) electrons. The van der Waals surface area contributed by atoms with Crippen molar-refractivity contribution in [3.8, 4) is 0 Å². The molecule has 44 heavy (non-hydrogen) atoms. The zero-order valence-electron chi connectivity index (χ0n) is 24.0. The highest BCUT2D eigenvalue weighted by atomic mass is 35.5. The van der Waals surface area contributed by atoms with Crippen LogP contribution in [-0.2, 0) is 14.3 Å². The smallest absolute Gasteiger partial charge is 0.338 e. The van der Waals surface area contributed by atoms with E-state index < -0.39 is 23.0 Å². The van der Waals surface area contributed by atoms with Gasteiger partial charge in [0, 0.05) is 26.9 Å². The molecule has 0 aliphatic carbocycles. The summed E-state index contributed by atoms with van der Waals surface area (Å²) in [5, 5.41) is 8.39. The van der Waals surface area contributed by atoms with E-state index in [-0.39, 0.29) is 18.2 Å². The minimum Gasteiger partial charge on any atom is -0.462 e. The number of anilines is 2. The number of halogens is 1. The number of hydrogen-bond donors (Lipinski definition) is 3. The Morgan fingerprint density at radius 2 is 1.55 bits per heavy atom. The van der Waals surface area contributed by atoms with Crippen molar-refractivity contribution in [1.82, 2.24) is 5.32 Å². The van der Waals surface area contributed by atoms with Gasteiger partial charge in [-0.05, 0) is 92.2 Å². The molecule has 4 aromatic carbocycles. The first-order chi connectivity index (χ1) is 21.2. The number of benzene rings is 4. The molecule has 3 N–H and O–H groups in total. The third-order valence-corrected chi connectivity index (χ3v) is 7.45. The summed E-state index contributed by atoms with van der Waals surface area (Å²) >= 11 is 7.44. The lowest BCUT2D eigenvalue weighted by molar-refractivity contribution is -0.115. The fraction of sp³-hybridized carbons (Fsp3) is 0.118. The first-order valence-electron chi connectivity index (χ1n) is 13.7. The van der Waals surface area contributed by atoms with Gasteiger partial charge < -0.3 is 20.7 Å². The maximum atomic E-state index is 13.4. The molecule has 1 atom stereocenters. The van der Waals surface area contributed by atoms with Crippen molar-refractivity contribution >= 4 is 64.5 Å². The first-order valence-corrected chi connectivity index (χ1v) is 15.0. The molecule has 224 valence electrons. The molecule has 1 unspecified atom stereocenters. The third kappa shape index (κ3) is 9.32. The van der Waals surface area contributed by atoms with Crippen LogP contribution in [0.25, 0.3) is 6.08 Å². The number of ether oxygens (including phenoxy) is 1. The van der Waals surface area contributed by atoms with Crippen LogP contribution in [0.1, 0.15) is 40.1 Å². The summed E-state index contributed by atoms with van der Waals surface area (Å²) in [4.78, 5) is 51.7. The van der Waals surface area contributed by atoms with Crippen LogP contribution in [0.15, 0.2) is 114 Å². The quantitative estimate of drug-likeness (QED) is 0.0933. The van der Waals surface area contributed by atoms with E-state index in [2.05, 4.69) is 16.0 Å². The lowest BCUT2D eigenvalue weighted by Gasteiger charge is -2.14. The molecule has 0 heterocycles. The van der Waals surface area contributed by atoms with Crippen LogP contribution in [0.3, 0.4) is 0 Å². The summed E-state index contributed by atoms with van der Waals surface area (Å²) < 4.78 is 4.98. The van der Waals surface area contributed by atoms with Crippen LogP contribution in [0.5, 0.6) is 0 Å². The van der Waals surface area contributed by atoms with Gasteiger partial charge in [-0.3, -0.25) is 14.4 Å². The fourth-order valence-electron chi connectivity index (χ4n) is 3.96.